The number of hydrogen-bond acceptors (Lipinski definition) is 2. The van der Waals surface area contributed by atoms with Gasteiger partial charge in [0.1, 0.15) is 0 Å². The van der Waals surface area contributed by atoms with Crippen LogP contribution < -0.4 is 0 Å². The van der Waals surface area contributed by atoms with Crippen LogP contribution in [0.1, 0.15) is 12.5 Å². The molecule has 0 fully saturated rings. The van der Waals surface area contributed by atoms with Gasteiger partial charge in [-0.1, -0.05) is 54.1 Å². The van der Waals surface area contributed by atoms with Gasteiger partial charge in [0.25, 0.3) is 0 Å². The van der Waals surface area contributed by atoms with Crippen LogP contribution in [0.25, 0.3) is 6.08 Å². The maximum Gasteiger partial charge on any atom is 0.184 e. The molecule has 0 unspecified atom stereocenters. The monoisotopic (exact) mass is 306 g/mol. The number of hydrogen-bond donors (Lipinski definition) is 0. The molecule has 0 radical (unpaired) electrons. The van der Waals surface area contributed by atoms with E-state index in [0.29, 0.717) is 5.02 Å². The van der Waals surface area contributed by atoms with Crippen molar-refractivity contribution >= 4 is 27.5 Å². The number of rotatable bonds is 4. The molecule has 0 heterocycles. The third-order valence-electron chi connectivity index (χ3n) is 2.99. The summed E-state index contributed by atoms with van der Waals surface area (Å²) in [6, 6.07) is 15.8. The highest BCUT2D eigenvalue weighted by atomic mass is 35.5. The predicted octanol–water partition coefficient (Wildman–Crippen LogP) is 4.22. The summed E-state index contributed by atoms with van der Waals surface area (Å²) < 4.78 is 24.7. The Kier molecular flexibility index (Phi) is 4.63. The fourth-order valence-electron chi connectivity index (χ4n) is 1.75. The SMILES string of the molecule is C[C@@H](/C=C/c1ccccc1)S(=O)(=O)c1ccc(Cl)cc1. The van der Waals surface area contributed by atoms with E-state index in [-0.39, 0.29) is 4.90 Å². The van der Waals surface area contributed by atoms with Crippen LogP contribution in [-0.2, 0) is 9.84 Å². The van der Waals surface area contributed by atoms with Gasteiger partial charge < -0.3 is 0 Å². The van der Waals surface area contributed by atoms with Crippen LogP contribution in [0, 0.1) is 0 Å². The number of halogens is 1. The normalized spacial score (nSPS) is 13.5. The van der Waals surface area contributed by atoms with Gasteiger partial charge in [-0.2, -0.15) is 0 Å². The van der Waals surface area contributed by atoms with E-state index in [1.807, 2.05) is 36.4 Å². The highest BCUT2D eigenvalue weighted by molar-refractivity contribution is 7.92. The van der Waals surface area contributed by atoms with Crippen molar-refractivity contribution in [2.75, 3.05) is 0 Å². The standard InChI is InChI=1S/C16H15ClO2S/c1-13(7-8-14-5-3-2-4-6-14)20(18,19)16-11-9-15(17)10-12-16/h2-13H,1H3/b8-7+/t13-/m0/s1. The quantitative estimate of drug-likeness (QED) is 0.847. The molecule has 1 atom stereocenters. The molecule has 2 nitrogen and oxygen atoms in total. The number of sulfone groups is 1. The minimum atomic E-state index is -3.37. The summed E-state index contributed by atoms with van der Waals surface area (Å²) in [5, 5.41) is -0.0692. The molecule has 2 rings (SSSR count). The van der Waals surface area contributed by atoms with Crippen LogP contribution in [0.3, 0.4) is 0 Å². The van der Waals surface area contributed by atoms with Gasteiger partial charge in [0.05, 0.1) is 10.1 Å². The molecular formula is C16H15ClO2S. The molecule has 0 amide bonds. The molecule has 0 N–H and O–H groups in total. The van der Waals surface area contributed by atoms with Gasteiger partial charge in [-0.15, -0.1) is 0 Å². The largest absolute Gasteiger partial charge is 0.223 e. The van der Waals surface area contributed by atoms with Crippen molar-refractivity contribution in [3.63, 3.8) is 0 Å². The zero-order chi connectivity index (χ0) is 14.6. The maximum atomic E-state index is 12.4. The molecule has 0 bridgehead atoms. The van der Waals surface area contributed by atoms with Crippen LogP contribution >= 0.6 is 11.6 Å². The van der Waals surface area contributed by atoms with E-state index < -0.39 is 15.1 Å². The first-order chi connectivity index (χ1) is 9.50. The first-order valence-electron chi connectivity index (χ1n) is 6.23. The summed E-state index contributed by atoms with van der Waals surface area (Å²) in [5.74, 6) is 0. The molecule has 20 heavy (non-hydrogen) atoms. The van der Waals surface area contributed by atoms with Gasteiger partial charge in [0, 0.05) is 5.02 Å². The smallest absolute Gasteiger partial charge is 0.184 e. The highest BCUT2D eigenvalue weighted by Gasteiger charge is 2.20. The minimum absolute atomic E-state index is 0.284. The third kappa shape index (κ3) is 3.50. The fraction of sp³-hybridized carbons (Fsp3) is 0.125. The van der Waals surface area contributed by atoms with Crippen molar-refractivity contribution in [3.05, 3.63) is 71.3 Å². The Balaban J connectivity index is 2.21. The van der Waals surface area contributed by atoms with E-state index in [9.17, 15) is 8.42 Å². The van der Waals surface area contributed by atoms with Crippen molar-refractivity contribution < 1.29 is 8.42 Å². The summed E-state index contributed by atoms with van der Waals surface area (Å²) >= 11 is 5.77. The second kappa shape index (κ2) is 6.25. The average Bonchev–Trinajstić information content (AvgIpc) is 2.46. The summed E-state index contributed by atoms with van der Waals surface area (Å²) in [6.45, 7) is 1.67. The van der Waals surface area contributed by atoms with Gasteiger partial charge in [0.2, 0.25) is 0 Å². The van der Waals surface area contributed by atoms with E-state index in [1.165, 1.54) is 12.1 Å². The van der Waals surface area contributed by atoms with E-state index in [2.05, 4.69) is 0 Å². The molecule has 104 valence electrons. The molecule has 0 saturated carbocycles. The number of benzene rings is 2. The lowest BCUT2D eigenvalue weighted by Crippen LogP contribution is -2.15. The van der Waals surface area contributed by atoms with E-state index in [0.717, 1.165) is 5.56 Å². The molecular weight excluding hydrogens is 292 g/mol. The first-order valence-corrected chi connectivity index (χ1v) is 8.15. The molecule has 2 aromatic carbocycles. The van der Waals surface area contributed by atoms with Crippen molar-refractivity contribution in [1.82, 2.24) is 0 Å². The minimum Gasteiger partial charge on any atom is -0.223 e. The first kappa shape index (κ1) is 14.8. The second-order valence-electron chi connectivity index (χ2n) is 4.47. The molecule has 0 aliphatic rings. The Morgan fingerprint density at radius 3 is 2.20 bits per heavy atom. The Morgan fingerprint density at radius 1 is 1.00 bits per heavy atom. The Morgan fingerprint density at radius 2 is 1.60 bits per heavy atom. The molecule has 4 heteroatoms. The van der Waals surface area contributed by atoms with Gasteiger partial charge in [-0.3, -0.25) is 0 Å². The zero-order valence-electron chi connectivity index (χ0n) is 11.0. The van der Waals surface area contributed by atoms with Crippen molar-refractivity contribution in [1.29, 1.82) is 0 Å². The van der Waals surface area contributed by atoms with Crippen LogP contribution in [0.15, 0.2) is 65.6 Å². The Bertz CT molecular complexity index is 689. The topological polar surface area (TPSA) is 34.1 Å². The summed E-state index contributed by atoms with van der Waals surface area (Å²) in [4.78, 5) is 0.284. The third-order valence-corrected chi connectivity index (χ3v) is 5.31. The van der Waals surface area contributed by atoms with Crippen LogP contribution in [0.2, 0.25) is 5.02 Å². The predicted molar refractivity (Wildman–Crippen MR) is 83.6 cm³/mol. The molecule has 0 spiro atoms. The average molecular weight is 307 g/mol. The zero-order valence-corrected chi connectivity index (χ0v) is 12.6. The van der Waals surface area contributed by atoms with Crippen LogP contribution in [0.5, 0.6) is 0 Å². The lowest BCUT2D eigenvalue weighted by molar-refractivity contribution is 0.591. The lowest BCUT2D eigenvalue weighted by atomic mass is 10.2. The molecule has 2 aromatic rings. The van der Waals surface area contributed by atoms with Crippen molar-refractivity contribution in [2.45, 2.75) is 17.1 Å². The summed E-state index contributed by atoms with van der Waals surface area (Å²) in [6.07, 6.45) is 3.51. The highest BCUT2D eigenvalue weighted by Crippen LogP contribution is 2.20. The molecule has 0 saturated heterocycles. The fourth-order valence-corrected chi connectivity index (χ4v) is 3.11. The van der Waals surface area contributed by atoms with Crippen LogP contribution in [-0.4, -0.2) is 13.7 Å². The van der Waals surface area contributed by atoms with E-state index in [4.69, 9.17) is 11.6 Å². The van der Waals surface area contributed by atoms with E-state index >= 15 is 0 Å². The summed E-state index contributed by atoms with van der Waals surface area (Å²) in [5.41, 5.74) is 0.977. The molecule has 0 aromatic heterocycles. The maximum absolute atomic E-state index is 12.4. The molecule has 0 aliphatic heterocycles. The van der Waals surface area contributed by atoms with Crippen molar-refractivity contribution in [3.8, 4) is 0 Å². The summed E-state index contributed by atoms with van der Waals surface area (Å²) in [7, 11) is -3.37. The molecule has 0 aliphatic carbocycles. The van der Waals surface area contributed by atoms with Gasteiger partial charge in [-0.25, -0.2) is 8.42 Å². The van der Waals surface area contributed by atoms with Gasteiger partial charge in [-0.05, 0) is 36.8 Å². The van der Waals surface area contributed by atoms with Gasteiger partial charge >= 0.3 is 0 Å². The second-order valence-corrected chi connectivity index (χ2v) is 7.22. The van der Waals surface area contributed by atoms with E-state index in [1.54, 1.807) is 25.1 Å². The lowest BCUT2D eigenvalue weighted by Gasteiger charge is -2.09. The Hall–Kier alpha value is -1.58. The van der Waals surface area contributed by atoms with Crippen LogP contribution in [0.4, 0.5) is 0 Å². The van der Waals surface area contributed by atoms with Gasteiger partial charge in [0.15, 0.2) is 9.84 Å². The van der Waals surface area contributed by atoms with Crippen molar-refractivity contribution in [2.24, 2.45) is 0 Å². The Labute approximate surface area is 124 Å².